The van der Waals surface area contributed by atoms with Crippen molar-refractivity contribution in [2.45, 2.75) is 266 Å². The number of aliphatic hydroxyl groups is 10. The molecule has 0 radical (unpaired) electrons. The largest absolute Gasteiger partial charge is 0.726 e. The van der Waals surface area contributed by atoms with Crippen LogP contribution in [0.15, 0.2) is 23.8 Å². The number of allylic oxidation sites excluding steroid dienone is 3. The molecule has 10 N–H and O–H groups in total. The van der Waals surface area contributed by atoms with Gasteiger partial charge in [-0.15, -0.1) is 6.58 Å². The van der Waals surface area contributed by atoms with Gasteiger partial charge in [-0.3, -0.25) is 13.8 Å². The number of aliphatic hydroxyl groups excluding tert-OH is 10. The number of fused-ring (bicyclic) bond motifs is 4. The number of rotatable bonds is 19. The van der Waals surface area contributed by atoms with Gasteiger partial charge in [0, 0.05) is 19.4 Å². The molecular formula is C60H93O29S-. The predicted molar refractivity (Wildman–Crippen MR) is 300 cm³/mol. The Hall–Kier alpha value is -2.55. The summed E-state index contributed by atoms with van der Waals surface area (Å²) in [6.45, 7) is 16.7. The summed E-state index contributed by atoms with van der Waals surface area (Å²) in [7, 11) is -4.32. The van der Waals surface area contributed by atoms with Crippen molar-refractivity contribution >= 4 is 22.3 Å². The van der Waals surface area contributed by atoms with Crippen molar-refractivity contribution in [3.63, 3.8) is 0 Å². The Kier molecular flexibility index (Phi) is 20.7. The molecule has 90 heavy (non-hydrogen) atoms. The third kappa shape index (κ3) is 12.5. The molecule has 29 nitrogen and oxygen atoms in total. The molecule has 31 atom stereocenters. The van der Waals surface area contributed by atoms with E-state index < -0.39 is 212 Å². The molecule has 30 heteroatoms. The highest BCUT2D eigenvalue weighted by Gasteiger charge is 2.79. The van der Waals surface area contributed by atoms with E-state index in [4.69, 9.17) is 65.8 Å². The van der Waals surface area contributed by atoms with E-state index in [9.17, 15) is 73.6 Å². The summed E-state index contributed by atoms with van der Waals surface area (Å²) in [6, 6.07) is 0. The summed E-state index contributed by atoms with van der Waals surface area (Å²) in [5, 5.41) is 111. The van der Waals surface area contributed by atoms with Gasteiger partial charge in [-0.2, -0.15) is 0 Å². The van der Waals surface area contributed by atoms with E-state index in [0.29, 0.717) is 44.9 Å². The van der Waals surface area contributed by atoms with Crippen LogP contribution in [0.4, 0.5) is 0 Å². The SMILES string of the molecule is C=C(C)CCC[C@]1(C)OC(=O)[C@]23CC[C@@H]4C(=CC[C@H]5C(C)(C)[C@@H](O[C@@H]6OC[C@@H](OS(=O)(=O)[O-])[C@H](O)[C@H]6O[C@@H]6O[C@H](C)[C@@H](O[C@@H]7OC[C@@H](O)[C@H](O[C@@H]8O[C@H](CO)[C@@H](O)[C@H](OC)[C@H]8O)[C@H]7O)[C@H](O)[C@H]6O[C@@H]6OC[C@@H](O)[C@H](O)[C@H]6O)CC[C@]45C)[C@]2(C)C[C@H](OC(C)=O)[C@@H]31. The second kappa shape index (κ2) is 26.5. The maximum Gasteiger partial charge on any atom is 0.314 e. The van der Waals surface area contributed by atoms with Crippen LogP contribution in [-0.4, -0.2) is 263 Å². The third-order valence-electron chi connectivity index (χ3n) is 22.0. The minimum atomic E-state index is -5.51. The number of methoxy groups -OCH3 is 1. The molecule has 3 saturated carbocycles. The Morgan fingerprint density at radius 1 is 0.711 bits per heavy atom. The van der Waals surface area contributed by atoms with Gasteiger partial charge in [-0.05, 0) is 101 Å². The molecule has 9 fully saturated rings. The molecule has 0 aromatic rings. The average Bonchev–Trinajstić information content (AvgIpc) is 1.46. The molecule has 1 spiro atoms. The van der Waals surface area contributed by atoms with Crippen molar-refractivity contribution in [3.8, 4) is 0 Å². The normalized spacial score (nSPS) is 50.2. The predicted octanol–water partition coefficient (Wildman–Crippen LogP) is -1.26. The standard InChI is InChI=1S/C60H94O29S/c1-25(2)12-11-17-59(9)49-32(81-27(4)62)20-58(8)29-13-14-35-56(5,6)36(16-18-57(35,7)28(29)15-19-60(49,58)55(72)88-59)83-53-47(39(67)34(24-79-53)89-90(73,74)75)87-54-48(86-50-40(68)37(65)30(63)22-77-50)41(69)44(26(3)80-54)84-51-42(70)45(31(64)23-78-51)85-52-43(71)46(76-10)38(66)33(21-61)82-52/h13,26,28,30-54,61,63-71H,1,11-12,14-24H2,2-10H3,(H,73,74,75)/p-1/t26-,28-,30-,31-,32+,33-,34-,35+,36+,37+,38-,39+,40-,41+,42-,43-,44-,45+,46+,47-,48-,49-,50+,51+,52+,53+,54+,57-,58+,59+,60-/m1/s1. The van der Waals surface area contributed by atoms with Gasteiger partial charge in [0.05, 0.1) is 50.0 Å². The summed E-state index contributed by atoms with van der Waals surface area (Å²) in [5.41, 5.74) is -1.49. The fourth-order valence-corrected chi connectivity index (χ4v) is 18.0. The maximum atomic E-state index is 14.8. The smallest absolute Gasteiger partial charge is 0.314 e. The van der Waals surface area contributed by atoms with E-state index >= 15 is 0 Å². The van der Waals surface area contributed by atoms with Crippen LogP contribution in [-0.2, 0) is 85.8 Å². The van der Waals surface area contributed by atoms with Crippen LogP contribution >= 0.6 is 0 Å². The quantitative estimate of drug-likeness (QED) is 0.0312. The first kappa shape index (κ1) is 70.3. The van der Waals surface area contributed by atoms with Gasteiger partial charge < -0.3 is 117 Å². The molecular weight excluding hydrogens is 1220 g/mol. The molecule has 514 valence electrons. The lowest BCUT2D eigenvalue weighted by molar-refractivity contribution is -0.399. The molecule has 6 aliphatic heterocycles. The Morgan fingerprint density at radius 2 is 1.33 bits per heavy atom. The molecule has 6 heterocycles. The van der Waals surface area contributed by atoms with Gasteiger partial charge >= 0.3 is 11.9 Å². The first-order valence-electron chi connectivity index (χ1n) is 31.2. The Bertz CT molecular complexity index is 2720. The van der Waals surface area contributed by atoms with E-state index in [1.165, 1.54) is 21.0 Å². The zero-order valence-electron chi connectivity index (χ0n) is 52.2. The minimum Gasteiger partial charge on any atom is -0.726 e. The van der Waals surface area contributed by atoms with Crippen LogP contribution < -0.4 is 0 Å². The first-order chi connectivity index (χ1) is 42.2. The van der Waals surface area contributed by atoms with Gasteiger partial charge in [-0.25, -0.2) is 8.42 Å². The molecule has 0 aromatic carbocycles. The van der Waals surface area contributed by atoms with E-state index in [0.717, 1.165) is 24.0 Å². The van der Waals surface area contributed by atoms with Gasteiger partial charge in [0.1, 0.15) is 109 Å². The summed E-state index contributed by atoms with van der Waals surface area (Å²) >= 11 is 0. The fraction of sp³-hybridized carbons (Fsp3) is 0.900. The third-order valence-corrected chi connectivity index (χ3v) is 22.4. The molecule has 0 bridgehead atoms. The number of cyclic esters (lactones) is 1. The molecule has 0 unspecified atom stereocenters. The van der Waals surface area contributed by atoms with Crippen molar-refractivity contribution in [2.75, 3.05) is 33.5 Å². The van der Waals surface area contributed by atoms with Crippen LogP contribution in [0.3, 0.4) is 0 Å². The summed E-state index contributed by atoms with van der Waals surface area (Å²) in [6.07, 6.45) is -31.7. The number of esters is 2. The van der Waals surface area contributed by atoms with Crippen molar-refractivity contribution in [2.24, 2.45) is 39.4 Å². The monoisotopic (exact) mass is 1310 g/mol. The number of hydrogen-bond donors (Lipinski definition) is 10. The topological polar surface area (TPSA) is 423 Å². The summed E-state index contributed by atoms with van der Waals surface area (Å²) in [5.74, 6) is -1.18. The van der Waals surface area contributed by atoms with Gasteiger partial charge in [0.2, 0.25) is 10.4 Å². The highest BCUT2D eigenvalue weighted by molar-refractivity contribution is 7.80. The number of ether oxygens (including phenoxy) is 13. The molecule has 10 aliphatic rings. The van der Waals surface area contributed by atoms with Crippen LogP contribution in [0.5, 0.6) is 0 Å². The van der Waals surface area contributed by atoms with Crippen LogP contribution in [0.2, 0.25) is 0 Å². The van der Waals surface area contributed by atoms with E-state index in [1.54, 1.807) is 0 Å². The summed E-state index contributed by atoms with van der Waals surface area (Å²) in [4.78, 5) is 27.6. The zero-order valence-corrected chi connectivity index (χ0v) is 53.0. The average molecular weight is 1310 g/mol. The second-order valence-electron chi connectivity index (χ2n) is 27.9. The lowest BCUT2D eigenvalue weighted by Gasteiger charge is -2.64. The van der Waals surface area contributed by atoms with Gasteiger partial charge in [0.25, 0.3) is 0 Å². The van der Waals surface area contributed by atoms with Crippen molar-refractivity contribution in [1.82, 2.24) is 0 Å². The second-order valence-corrected chi connectivity index (χ2v) is 28.9. The zero-order chi connectivity index (χ0) is 65.7. The van der Waals surface area contributed by atoms with Crippen LogP contribution in [0, 0.1) is 39.4 Å². The number of carbonyl (C=O) groups excluding carboxylic acids is 2. The maximum absolute atomic E-state index is 14.8. The lowest BCUT2D eigenvalue weighted by atomic mass is 9.41. The molecule has 0 amide bonds. The van der Waals surface area contributed by atoms with E-state index in [-0.39, 0.29) is 29.1 Å². The highest BCUT2D eigenvalue weighted by atomic mass is 32.3. The Balaban J connectivity index is 0.905. The van der Waals surface area contributed by atoms with Crippen molar-refractivity contribution in [3.05, 3.63) is 23.8 Å². The van der Waals surface area contributed by atoms with Crippen LogP contribution in [0.1, 0.15) is 113 Å². The number of hydrogen-bond acceptors (Lipinski definition) is 29. The van der Waals surface area contributed by atoms with Gasteiger partial charge in [-0.1, -0.05) is 44.9 Å². The lowest BCUT2D eigenvalue weighted by Crippen LogP contribution is -2.67. The highest BCUT2D eigenvalue weighted by Crippen LogP contribution is 2.77. The van der Waals surface area contributed by atoms with E-state index in [1.807, 2.05) is 13.8 Å². The van der Waals surface area contributed by atoms with E-state index in [2.05, 4.69) is 40.3 Å². The minimum absolute atomic E-state index is 0.0136. The Labute approximate surface area is 523 Å². The van der Waals surface area contributed by atoms with Crippen LogP contribution in [0.25, 0.3) is 0 Å². The van der Waals surface area contributed by atoms with Crippen molar-refractivity contribution in [1.29, 1.82) is 0 Å². The molecule has 10 rings (SSSR count). The van der Waals surface area contributed by atoms with Gasteiger partial charge in [0.15, 0.2) is 31.5 Å². The number of carbonyl (C=O) groups is 2. The Morgan fingerprint density at radius 3 is 1.99 bits per heavy atom. The molecule has 4 aliphatic carbocycles. The van der Waals surface area contributed by atoms with Crippen molar-refractivity contribution < 1.29 is 139 Å². The molecule has 6 saturated heterocycles. The summed E-state index contributed by atoms with van der Waals surface area (Å²) < 4.78 is 120. The fourth-order valence-electron chi connectivity index (χ4n) is 17.6. The molecule has 0 aromatic heterocycles. The first-order valence-corrected chi connectivity index (χ1v) is 32.6.